The highest BCUT2D eigenvalue weighted by Crippen LogP contribution is 2.10. The van der Waals surface area contributed by atoms with Gasteiger partial charge >= 0.3 is 42.2 Å². The smallest absolute Gasteiger partial charge is 0.410 e. The molecule has 0 saturated heterocycles. The predicted molar refractivity (Wildman–Crippen MR) is 224 cm³/mol. The minimum Gasteiger partial charge on any atom is -0.464 e. The third-order valence-corrected chi connectivity index (χ3v) is 6.42. The maximum absolute atomic E-state index is 11.8. The molecule has 22 heteroatoms. The van der Waals surface area contributed by atoms with Gasteiger partial charge in [-0.3, -0.25) is 19.2 Å². The van der Waals surface area contributed by atoms with Crippen molar-refractivity contribution in [1.82, 2.24) is 14.7 Å². The summed E-state index contributed by atoms with van der Waals surface area (Å²) in [6.07, 6.45) is 0.144. The topological polar surface area (TPSA) is 240 Å². The third kappa shape index (κ3) is 49.6. The molecular weight excluding hydrogens is 826 g/mol. The average molecular weight is 902 g/mol. The summed E-state index contributed by atoms with van der Waals surface area (Å²) < 4.78 is 58.3. The number of hydrogen-bond acceptors (Lipinski definition) is 19. The zero-order valence-electron chi connectivity index (χ0n) is 39.1. The molecule has 0 unspecified atom stereocenters. The van der Waals surface area contributed by atoms with Gasteiger partial charge in [-0.15, -0.1) is 0 Å². The van der Waals surface area contributed by atoms with Crippen LogP contribution in [0.3, 0.4) is 0 Å². The normalized spacial score (nSPS) is 10.0. The lowest BCUT2D eigenvalue weighted by molar-refractivity contribution is -0.143. The maximum atomic E-state index is 11.8. The van der Waals surface area contributed by atoms with E-state index in [4.69, 9.17) is 52.1 Å². The number of hydrogen-bond donors (Lipinski definition) is 0. The van der Waals surface area contributed by atoms with E-state index in [2.05, 4.69) is 11.3 Å². The van der Waals surface area contributed by atoms with Crippen LogP contribution in [0.4, 0.5) is 14.4 Å². The molecule has 0 aromatic rings. The van der Waals surface area contributed by atoms with Gasteiger partial charge in [0, 0.05) is 75.8 Å². The summed E-state index contributed by atoms with van der Waals surface area (Å²) in [5.41, 5.74) is -0.552. The molecule has 0 atom stereocenters. The zero-order chi connectivity index (χ0) is 48.2. The molecule has 0 aromatic carbocycles. The van der Waals surface area contributed by atoms with E-state index < -0.39 is 23.9 Å². The van der Waals surface area contributed by atoms with Crippen LogP contribution in [0.1, 0.15) is 55.4 Å². The Kier molecular flexibility index (Phi) is 45.6. The van der Waals surface area contributed by atoms with E-state index in [9.17, 15) is 33.6 Å². The van der Waals surface area contributed by atoms with Crippen molar-refractivity contribution in [3.8, 4) is 0 Å². The average Bonchev–Trinajstić information content (AvgIpc) is 3.18. The van der Waals surface area contributed by atoms with E-state index in [1.807, 2.05) is 0 Å². The van der Waals surface area contributed by atoms with Crippen molar-refractivity contribution >= 4 is 42.2 Å². The first-order valence-corrected chi connectivity index (χ1v) is 19.8. The fourth-order valence-electron chi connectivity index (χ4n) is 3.64. The van der Waals surface area contributed by atoms with Crippen LogP contribution < -0.4 is 0 Å². The maximum Gasteiger partial charge on any atom is 0.410 e. The summed E-state index contributed by atoms with van der Waals surface area (Å²) in [4.78, 5) is 81.2. The number of ether oxygens (including phenoxy) is 12. The van der Waals surface area contributed by atoms with E-state index >= 15 is 0 Å². The summed E-state index contributed by atoms with van der Waals surface area (Å²) in [5.74, 6) is -1.39. The van der Waals surface area contributed by atoms with Crippen molar-refractivity contribution in [2.24, 2.45) is 0 Å². The molecule has 3 amide bonds. The van der Waals surface area contributed by atoms with Crippen molar-refractivity contribution < 1.29 is 90.4 Å². The molecule has 0 radical (unpaired) electrons. The minimum atomic E-state index is -0.552. The van der Waals surface area contributed by atoms with Gasteiger partial charge in [-0.05, 0) is 27.7 Å². The number of esters is 4. The number of methoxy groups -OCH3 is 4. The second kappa shape index (κ2) is 44.3. The molecule has 0 bridgehead atoms. The standard InChI is InChI=1S/C12H23NO5.C11H19NO5.C10H19NO5.C7H14O4/c1-10(14)17-9-7-13(6-8-16-5)11(15)18-12(2,3)4;1-4-7-17-11(14)12(5-8-15-3)6-9-16-10(2)13;1-4-15-10(13)11(5-7-14-3)6-8-16-9(2)12;1-7(8)11-6-5-10-4-3-9-2/h6-9H2,1-5H3;4H,1,5-9H2,2-3H3;4-8H2,1-3H3;3-6H2,1-2H3. The van der Waals surface area contributed by atoms with E-state index in [1.54, 1.807) is 56.1 Å². The molecule has 0 spiro atoms. The first-order chi connectivity index (χ1) is 29.3. The lowest BCUT2D eigenvalue weighted by atomic mass is 10.2. The molecular formula is C40H75N3O19. The van der Waals surface area contributed by atoms with E-state index in [-0.39, 0.29) is 63.4 Å². The van der Waals surface area contributed by atoms with Crippen LogP contribution in [0, 0.1) is 0 Å². The molecule has 0 rings (SSSR count). The van der Waals surface area contributed by atoms with Gasteiger partial charge in [-0.1, -0.05) is 12.7 Å². The van der Waals surface area contributed by atoms with Crippen LogP contribution in [0.2, 0.25) is 0 Å². The van der Waals surface area contributed by atoms with E-state index in [0.29, 0.717) is 79.0 Å². The molecule has 0 aliphatic carbocycles. The van der Waals surface area contributed by atoms with E-state index in [0.717, 1.165) is 0 Å². The molecule has 62 heavy (non-hydrogen) atoms. The second-order valence-corrected chi connectivity index (χ2v) is 12.9. The minimum absolute atomic E-state index is 0.141. The third-order valence-electron chi connectivity index (χ3n) is 6.42. The van der Waals surface area contributed by atoms with Crippen molar-refractivity contribution in [2.45, 2.75) is 61.0 Å². The van der Waals surface area contributed by atoms with Crippen LogP contribution in [0.25, 0.3) is 0 Å². The monoisotopic (exact) mass is 901 g/mol. The highest BCUT2D eigenvalue weighted by Gasteiger charge is 2.22. The Bertz CT molecular complexity index is 1200. The molecule has 22 nitrogen and oxygen atoms in total. The first kappa shape index (κ1) is 63.9. The van der Waals surface area contributed by atoms with Crippen LogP contribution in [0.15, 0.2) is 12.7 Å². The SMILES string of the molecule is C=CCOC(=O)N(CCOC)CCOC(C)=O.CCOC(=O)N(CCOC)CCOC(C)=O.COCCN(CCOC(C)=O)C(=O)OC(C)(C)C.COCCOCCOC(C)=O. The van der Waals surface area contributed by atoms with Crippen LogP contribution >= 0.6 is 0 Å². The Hall–Kier alpha value is -4.77. The predicted octanol–water partition coefficient (Wildman–Crippen LogP) is 3.12. The first-order valence-electron chi connectivity index (χ1n) is 19.8. The lowest BCUT2D eigenvalue weighted by Gasteiger charge is -2.27. The van der Waals surface area contributed by atoms with Crippen molar-refractivity contribution in [3.63, 3.8) is 0 Å². The number of carbonyl (C=O) groups excluding carboxylic acids is 7. The summed E-state index contributed by atoms with van der Waals surface area (Å²) in [5, 5.41) is 0. The van der Waals surface area contributed by atoms with Gasteiger partial charge in [0.1, 0.15) is 38.6 Å². The molecule has 0 N–H and O–H groups in total. The van der Waals surface area contributed by atoms with Crippen molar-refractivity contribution in [3.05, 3.63) is 12.7 Å². The largest absolute Gasteiger partial charge is 0.464 e. The van der Waals surface area contributed by atoms with Crippen molar-refractivity contribution in [2.75, 3.05) is 147 Å². The number of carbonyl (C=O) groups is 7. The second-order valence-electron chi connectivity index (χ2n) is 12.9. The fourth-order valence-corrected chi connectivity index (χ4v) is 3.64. The highest BCUT2D eigenvalue weighted by atomic mass is 16.6. The zero-order valence-corrected chi connectivity index (χ0v) is 39.1. The van der Waals surface area contributed by atoms with Crippen LogP contribution in [-0.2, 0) is 76.0 Å². The molecule has 0 aliphatic heterocycles. The number of rotatable bonds is 27. The quantitative estimate of drug-likeness (QED) is 0.0498. The fraction of sp³-hybridized carbons (Fsp3) is 0.775. The summed E-state index contributed by atoms with van der Waals surface area (Å²) in [6.45, 7) is 22.0. The Morgan fingerprint density at radius 2 is 0.774 bits per heavy atom. The summed E-state index contributed by atoms with van der Waals surface area (Å²) in [7, 11) is 6.25. The molecule has 364 valence electrons. The molecule has 0 heterocycles. The Balaban J connectivity index is -0.000000367. The van der Waals surface area contributed by atoms with Gasteiger partial charge in [0.15, 0.2) is 0 Å². The number of amides is 3. The van der Waals surface area contributed by atoms with Gasteiger partial charge in [-0.25, -0.2) is 14.4 Å². The van der Waals surface area contributed by atoms with Gasteiger partial charge in [0.2, 0.25) is 0 Å². The number of nitrogens with zero attached hydrogens (tertiary/aromatic N) is 3. The molecule has 0 aliphatic rings. The van der Waals surface area contributed by atoms with Gasteiger partial charge in [-0.2, -0.15) is 0 Å². The molecule has 0 fully saturated rings. The van der Waals surface area contributed by atoms with Crippen LogP contribution in [-0.4, -0.2) is 209 Å². The summed E-state index contributed by atoms with van der Waals surface area (Å²) >= 11 is 0. The van der Waals surface area contributed by atoms with E-state index in [1.165, 1.54) is 48.5 Å². The Labute approximate surface area is 367 Å². The summed E-state index contributed by atoms with van der Waals surface area (Å²) in [6, 6.07) is 0. The van der Waals surface area contributed by atoms with Crippen LogP contribution in [0.5, 0.6) is 0 Å². The Morgan fingerprint density at radius 3 is 1.10 bits per heavy atom. The van der Waals surface area contributed by atoms with Gasteiger partial charge < -0.3 is 71.5 Å². The lowest BCUT2D eigenvalue weighted by Crippen LogP contribution is -2.40. The van der Waals surface area contributed by atoms with Gasteiger partial charge in [0.25, 0.3) is 0 Å². The molecule has 0 saturated carbocycles. The highest BCUT2D eigenvalue weighted by molar-refractivity contribution is 5.69. The Morgan fingerprint density at radius 1 is 0.452 bits per heavy atom. The van der Waals surface area contributed by atoms with Crippen molar-refractivity contribution in [1.29, 1.82) is 0 Å². The van der Waals surface area contributed by atoms with Gasteiger partial charge in [0.05, 0.1) is 65.9 Å². The molecule has 0 aromatic heterocycles.